The van der Waals surface area contributed by atoms with Crippen LogP contribution in [0.25, 0.3) is 0 Å². The highest BCUT2D eigenvalue weighted by Gasteiger charge is 2.24. The molecule has 1 saturated carbocycles. The zero-order chi connectivity index (χ0) is 11.4. The molecule has 1 aliphatic rings. The van der Waals surface area contributed by atoms with Crippen LogP contribution < -0.4 is 5.32 Å². The maximum Gasteiger partial charge on any atom is 0.229 e. The highest BCUT2D eigenvalue weighted by molar-refractivity contribution is 4.95. The van der Waals surface area contributed by atoms with Crippen molar-refractivity contribution >= 4 is 0 Å². The molecule has 0 aliphatic heterocycles. The van der Waals surface area contributed by atoms with Gasteiger partial charge in [-0.1, -0.05) is 19.0 Å². The van der Waals surface area contributed by atoms with E-state index in [-0.39, 0.29) is 0 Å². The molecule has 16 heavy (non-hydrogen) atoms. The van der Waals surface area contributed by atoms with Crippen molar-refractivity contribution in [1.82, 2.24) is 15.5 Å². The Balaban J connectivity index is 1.91. The normalized spacial score (nSPS) is 25.9. The Morgan fingerprint density at radius 2 is 2.06 bits per heavy atom. The molecular weight excluding hydrogens is 202 g/mol. The molecule has 0 amide bonds. The second-order valence-electron chi connectivity index (χ2n) is 4.79. The lowest BCUT2D eigenvalue weighted by molar-refractivity contribution is 0.280. The Bertz CT molecular complexity index is 316. The molecular formula is C12H21N3O. The number of hydrogen-bond acceptors (Lipinski definition) is 4. The standard InChI is InChI=1S/C12H21N3O/c1-3-13-8-11-14-12(16-15-11)10-6-4-9(2)5-7-10/h9-10,13H,3-8H2,1-2H3. The van der Waals surface area contributed by atoms with Crippen LogP contribution in [0.5, 0.6) is 0 Å². The van der Waals surface area contributed by atoms with Gasteiger partial charge < -0.3 is 9.84 Å². The van der Waals surface area contributed by atoms with Crippen LogP contribution in [0, 0.1) is 5.92 Å². The largest absolute Gasteiger partial charge is 0.339 e. The van der Waals surface area contributed by atoms with Gasteiger partial charge in [-0.2, -0.15) is 4.98 Å². The van der Waals surface area contributed by atoms with Crippen molar-refractivity contribution < 1.29 is 4.52 Å². The molecule has 1 aliphatic carbocycles. The molecule has 0 bridgehead atoms. The molecule has 0 spiro atoms. The maximum atomic E-state index is 5.34. The van der Waals surface area contributed by atoms with Crippen molar-refractivity contribution in [2.75, 3.05) is 6.54 Å². The van der Waals surface area contributed by atoms with Crippen molar-refractivity contribution in [3.63, 3.8) is 0 Å². The maximum absolute atomic E-state index is 5.34. The summed E-state index contributed by atoms with van der Waals surface area (Å²) in [6.07, 6.45) is 4.97. The molecule has 1 aromatic heterocycles. The average molecular weight is 223 g/mol. The molecule has 2 rings (SSSR count). The highest BCUT2D eigenvalue weighted by atomic mass is 16.5. The van der Waals surface area contributed by atoms with Gasteiger partial charge in [-0.25, -0.2) is 0 Å². The summed E-state index contributed by atoms with van der Waals surface area (Å²) in [5, 5.41) is 7.20. The summed E-state index contributed by atoms with van der Waals surface area (Å²) in [4.78, 5) is 4.46. The minimum atomic E-state index is 0.499. The van der Waals surface area contributed by atoms with Crippen LogP contribution in [0.1, 0.15) is 57.2 Å². The summed E-state index contributed by atoms with van der Waals surface area (Å²) < 4.78 is 5.34. The predicted molar refractivity (Wildman–Crippen MR) is 62.1 cm³/mol. The Labute approximate surface area is 96.8 Å². The lowest BCUT2D eigenvalue weighted by atomic mass is 9.83. The molecule has 0 unspecified atom stereocenters. The summed E-state index contributed by atoms with van der Waals surface area (Å²) in [5.41, 5.74) is 0. The molecule has 0 saturated heterocycles. The van der Waals surface area contributed by atoms with E-state index in [0.29, 0.717) is 12.5 Å². The molecule has 1 N–H and O–H groups in total. The van der Waals surface area contributed by atoms with Gasteiger partial charge in [0.15, 0.2) is 5.82 Å². The third kappa shape index (κ3) is 2.82. The SMILES string of the molecule is CCNCc1noc(C2CCC(C)CC2)n1. The lowest BCUT2D eigenvalue weighted by Crippen LogP contribution is -2.13. The second-order valence-corrected chi connectivity index (χ2v) is 4.79. The Morgan fingerprint density at radius 3 is 2.75 bits per heavy atom. The first-order chi connectivity index (χ1) is 7.79. The van der Waals surface area contributed by atoms with Crippen molar-refractivity contribution in [2.24, 2.45) is 5.92 Å². The van der Waals surface area contributed by atoms with Crippen molar-refractivity contribution in [3.05, 3.63) is 11.7 Å². The van der Waals surface area contributed by atoms with Crippen LogP contribution in [-0.2, 0) is 6.54 Å². The molecule has 1 fully saturated rings. The quantitative estimate of drug-likeness (QED) is 0.852. The second kappa shape index (κ2) is 5.43. The van der Waals surface area contributed by atoms with Crippen LogP contribution in [0.3, 0.4) is 0 Å². The molecule has 4 nitrogen and oxygen atoms in total. The number of nitrogens with one attached hydrogen (secondary N) is 1. The summed E-state index contributed by atoms with van der Waals surface area (Å²) in [6.45, 7) is 6.04. The Morgan fingerprint density at radius 1 is 1.31 bits per heavy atom. The summed E-state index contributed by atoms with van der Waals surface area (Å²) in [6, 6.07) is 0. The van der Waals surface area contributed by atoms with Gasteiger partial charge in [-0.3, -0.25) is 0 Å². The zero-order valence-corrected chi connectivity index (χ0v) is 10.2. The van der Waals surface area contributed by atoms with Crippen molar-refractivity contribution in [3.8, 4) is 0 Å². The molecule has 0 aromatic carbocycles. The molecule has 1 heterocycles. The lowest BCUT2D eigenvalue weighted by Gasteiger charge is -2.23. The zero-order valence-electron chi connectivity index (χ0n) is 10.2. The van der Waals surface area contributed by atoms with Crippen LogP contribution in [0.4, 0.5) is 0 Å². The molecule has 0 atom stereocenters. The number of rotatable bonds is 4. The average Bonchev–Trinajstić information content (AvgIpc) is 2.76. The van der Waals surface area contributed by atoms with Gasteiger partial charge in [0.05, 0.1) is 6.54 Å². The summed E-state index contributed by atoms with van der Waals surface area (Å²) in [7, 11) is 0. The van der Waals surface area contributed by atoms with E-state index in [0.717, 1.165) is 24.2 Å². The molecule has 4 heteroatoms. The van der Waals surface area contributed by atoms with Crippen LogP contribution in [-0.4, -0.2) is 16.7 Å². The summed E-state index contributed by atoms with van der Waals surface area (Å²) >= 11 is 0. The van der Waals surface area contributed by atoms with E-state index in [1.54, 1.807) is 0 Å². The van der Waals surface area contributed by atoms with Gasteiger partial charge in [0, 0.05) is 5.92 Å². The van der Waals surface area contributed by atoms with Crippen molar-refractivity contribution in [2.45, 2.75) is 52.0 Å². The first kappa shape index (κ1) is 11.6. The smallest absolute Gasteiger partial charge is 0.229 e. The first-order valence-electron chi connectivity index (χ1n) is 6.32. The minimum absolute atomic E-state index is 0.499. The first-order valence-corrected chi connectivity index (χ1v) is 6.32. The van der Waals surface area contributed by atoms with Gasteiger partial charge in [-0.05, 0) is 38.1 Å². The van der Waals surface area contributed by atoms with E-state index in [1.165, 1.54) is 25.7 Å². The third-order valence-corrected chi connectivity index (χ3v) is 3.38. The molecule has 90 valence electrons. The monoisotopic (exact) mass is 223 g/mol. The van der Waals surface area contributed by atoms with Gasteiger partial charge >= 0.3 is 0 Å². The van der Waals surface area contributed by atoms with Gasteiger partial charge in [0.2, 0.25) is 5.89 Å². The van der Waals surface area contributed by atoms with Gasteiger partial charge in [0.1, 0.15) is 0 Å². The Hall–Kier alpha value is -0.900. The fourth-order valence-corrected chi connectivity index (χ4v) is 2.25. The number of hydrogen-bond donors (Lipinski definition) is 1. The topological polar surface area (TPSA) is 51.0 Å². The molecule has 1 aromatic rings. The van der Waals surface area contributed by atoms with E-state index in [2.05, 4.69) is 29.3 Å². The fraction of sp³-hybridized carbons (Fsp3) is 0.833. The van der Waals surface area contributed by atoms with Gasteiger partial charge in [-0.15, -0.1) is 0 Å². The van der Waals surface area contributed by atoms with Crippen LogP contribution >= 0.6 is 0 Å². The van der Waals surface area contributed by atoms with E-state index in [1.807, 2.05) is 0 Å². The Kier molecular flexibility index (Phi) is 3.93. The van der Waals surface area contributed by atoms with Gasteiger partial charge in [0.25, 0.3) is 0 Å². The van der Waals surface area contributed by atoms with E-state index in [9.17, 15) is 0 Å². The molecule has 0 radical (unpaired) electrons. The number of nitrogens with zero attached hydrogens (tertiary/aromatic N) is 2. The van der Waals surface area contributed by atoms with E-state index in [4.69, 9.17) is 4.52 Å². The fourth-order valence-electron chi connectivity index (χ4n) is 2.25. The predicted octanol–water partition coefficient (Wildman–Crippen LogP) is 2.47. The summed E-state index contributed by atoms with van der Waals surface area (Å²) in [5.74, 6) is 3.00. The van der Waals surface area contributed by atoms with E-state index < -0.39 is 0 Å². The highest BCUT2D eigenvalue weighted by Crippen LogP contribution is 2.34. The van der Waals surface area contributed by atoms with Crippen LogP contribution in [0.2, 0.25) is 0 Å². The van der Waals surface area contributed by atoms with E-state index >= 15 is 0 Å². The third-order valence-electron chi connectivity index (χ3n) is 3.38. The minimum Gasteiger partial charge on any atom is -0.339 e. The van der Waals surface area contributed by atoms with Crippen LogP contribution in [0.15, 0.2) is 4.52 Å². The van der Waals surface area contributed by atoms with Crippen molar-refractivity contribution in [1.29, 1.82) is 0 Å². The number of aromatic nitrogens is 2.